The summed E-state index contributed by atoms with van der Waals surface area (Å²) in [6.45, 7) is 2.92. The van der Waals surface area contributed by atoms with Crippen LogP contribution in [0.2, 0.25) is 0 Å². The highest BCUT2D eigenvalue weighted by Crippen LogP contribution is 2.24. The number of rotatable bonds is 5. The van der Waals surface area contributed by atoms with Crippen molar-refractivity contribution in [3.05, 3.63) is 27.7 Å². The van der Waals surface area contributed by atoms with Crippen LogP contribution in [0.3, 0.4) is 0 Å². The first-order valence-electron chi connectivity index (χ1n) is 7.84. The van der Waals surface area contributed by atoms with Crippen LogP contribution in [0, 0.1) is 0 Å². The van der Waals surface area contributed by atoms with E-state index in [4.69, 9.17) is 0 Å². The van der Waals surface area contributed by atoms with Gasteiger partial charge >= 0.3 is 0 Å². The monoisotopic (exact) mass is 294 g/mol. The summed E-state index contributed by atoms with van der Waals surface area (Å²) in [4.78, 5) is 14.1. The molecule has 2 N–H and O–H groups in total. The third kappa shape index (κ3) is 3.47. The molecule has 0 atom stereocenters. The lowest BCUT2D eigenvalue weighted by atomic mass is 9.94. The second kappa shape index (κ2) is 7.09. The number of aliphatic hydroxyl groups excluding tert-OH is 1. The maximum atomic E-state index is 11.9. The molecule has 5 heteroatoms. The molecule has 1 fully saturated rings. The first-order valence-corrected chi connectivity index (χ1v) is 7.84. The molecule has 118 valence electrons. The Morgan fingerprint density at radius 3 is 2.57 bits per heavy atom. The highest BCUT2D eigenvalue weighted by molar-refractivity contribution is 5.30. The molecule has 1 aliphatic rings. The molecular weight excluding hydrogens is 268 g/mol. The van der Waals surface area contributed by atoms with Gasteiger partial charge in [0.15, 0.2) is 5.75 Å². The Balaban J connectivity index is 2.29. The molecule has 0 spiro atoms. The molecule has 1 saturated carbocycles. The topological polar surface area (TPSA) is 65.7 Å². The van der Waals surface area contributed by atoms with Crippen LogP contribution in [0.1, 0.15) is 50.4 Å². The third-order valence-electron chi connectivity index (χ3n) is 4.55. The molecule has 1 aromatic rings. The summed E-state index contributed by atoms with van der Waals surface area (Å²) in [5, 5.41) is 19.6. The van der Waals surface area contributed by atoms with Gasteiger partial charge in [0, 0.05) is 30.9 Å². The standard InChI is InChI=1S/C16H26N2O3/c1-3-18-13(11-19)9-15(20)16(21)14(18)10-17(2)12-7-5-4-6-8-12/h9,12,19,21H,3-8,10-11H2,1-2H3. The van der Waals surface area contributed by atoms with Crippen molar-refractivity contribution >= 4 is 0 Å². The van der Waals surface area contributed by atoms with E-state index in [-0.39, 0.29) is 12.4 Å². The lowest BCUT2D eigenvalue weighted by molar-refractivity contribution is 0.177. The van der Waals surface area contributed by atoms with Crippen molar-refractivity contribution in [2.24, 2.45) is 0 Å². The van der Waals surface area contributed by atoms with Crippen molar-refractivity contribution in [1.29, 1.82) is 0 Å². The van der Waals surface area contributed by atoms with Gasteiger partial charge in [0.25, 0.3) is 0 Å². The van der Waals surface area contributed by atoms with Gasteiger partial charge in [-0.15, -0.1) is 0 Å². The first kappa shape index (κ1) is 16.0. The third-order valence-corrected chi connectivity index (χ3v) is 4.55. The predicted molar refractivity (Wildman–Crippen MR) is 82.3 cm³/mol. The number of hydrogen-bond acceptors (Lipinski definition) is 4. The van der Waals surface area contributed by atoms with Gasteiger partial charge < -0.3 is 14.8 Å². The molecular formula is C16H26N2O3. The second-order valence-corrected chi connectivity index (χ2v) is 5.90. The summed E-state index contributed by atoms with van der Waals surface area (Å²) in [7, 11) is 2.05. The Kier molecular flexibility index (Phi) is 5.42. The minimum Gasteiger partial charge on any atom is -0.503 e. The largest absolute Gasteiger partial charge is 0.503 e. The Hall–Kier alpha value is -1.33. The molecule has 1 aromatic heterocycles. The van der Waals surface area contributed by atoms with Crippen LogP contribution in [0.25, 0.3) is 0 Å². The fraction of sp³-hybridized carbons (Fsp3) is 0.688. The van der Waals surface area contributed by atoms with E-state index in [0.717, 1.165) is 0 Å². The molecule has 0 saturated heterocycles. The van der Waals surface area contributed by atoms with E-state index in [0.29, 0.717) is 30.5 Å². The number of aromatic nitrogens is 1. The average molecular weight is 294 g/mol. The van der Waals surface area contributed by atoms with Crippen LogP contribution < -0.4 is 5.43 Å². The van der Waals surface area contributed by atoms with Gasteiger partial charge in [0.05, 0.1) is 12.3 Å². The van der Waals surface area contributed by atoms with Gasteiger partial charge in [-0.1, -0.05) is 19.3 Å². The van der Waals surface area contributed by atoms with Crippen LogP contribution in [0.4, 0.5) is 0 Å². The normalized spacial score (nSPS) is 16.6. The van der Waals surface area contributed by atoms with Gasteiger partial charge in [-0.2, -0.15) is 0 Å². The van der Waals surface area contributed by atoms with Crippen molar-refractivity contribution in [2.45, 2.75) is 64.8 Å². The van der Waals surface area contributed by atoms with Gasteiger partial charge in [-0.3, -0.25) is 9.69 Å². The lowest BCUT2D eigenvalue weighted by Gasteiger charge is -2.32. The lowest BCUT2D eigenvalue weighted by Crippen LogP contribution is -2.34. The minimum absolute atomic E-state index is 0.184. The highest BCUT2D eigenvalue weighted by atomic mass is 16.3. The number of nitrogens with zero attached hydrogens (tertiary/aromatic N) is 2. The van der Waals surface area contributed by atoms with E-state index in [1.165, 1.54) is 38.2 Å². The smallest absolute Gasteiger partial charge is 0.223 e. The zero-order chi connectivity index (χ0) is 15.4. The Morgan fingerprint density at radius 2 is 2.00 bits per heavy atom. The van der Waals surface area contributed by atoms with E-state index in [1.54, 1.807) is 0 Å². The molecule has 21 heavy (non-hydrogen) atoms. The number of hydrogen-bond donors (Lipinski definition) is 2. The second-order valence-electron chi connectivity index (χ2n) is 5.90. The van der Waals surface area contributed by atoms with Crippen LogP contribution >= 0.6 is 0 Å². The molecule has 0 amide bonds. The van der Waals surface area contributed by atoms with Crippen molar-refractivity contribution in [1.82, 2.24) is 9.47 Å². The summed E-state index contributed by atoms with van der Waals surface area (Å²) in [6, 6.07) is 1.83. The zero-order valence-electron chi connectivity index (χ0n) is 13.0. The molecule has 2 rings (SSSR count). The van der Waals surface area contributed by atoms with Crippen LogP contribution in [0.5, 0.6) is 5.75 Å². The minimum atomic E-state index is -0.407. The average Bonchev–Trinajstić information content (AvgIpc) is 2.52. The summed E-state index contributed by atoms with van der Waals surface area (Å²) < 4.78 is 1.84. The SMILES string of the molecule is CCn1c(CO)cc(=O)c(O)c1CN(C)C1CCCCC1. The highest BCUT2D eigenvalue weighted by Gasteiger charge is 2.21. The van der Waals surface area contributed by atoms with Crippen molar-refractivity contribution < 1.29 is 10.2 Å². The first-order chi connectivity index (χ1) is 10.1. The molecule has 0 aliphatic heterocycles. The summed E-state index contributed by atoms with van der Waals surface area (Å²) in [5.74, 6) is -0.184. The quantitative estimate of drug-likeness (QED) is 0.869. The number of aromatic hydroxyl groups is 1. The van der Waals surface area contributed by atoms with Crippen molar-refractivity contribution in [3.8, 4) is 5.75 Å². The number of aliphatic hydroxyl groups is 1. The van der Waals surface area contributed by atoms with Gasteiger partial charge in [0.1, 0.15) is 0 Å². The van der Waals surface area contributed by atoms with Crippen molar-refractivity contribution in [2.75, 3.05) is 7.05 Å². The number of pyridine rings is 1. The summed E-state index contributed by atoms with van der Waals surface area (Å²) in [5.41, 5.74) is 0.769. The molecule has 0 aromatic carbocycles. The van der Waals surface area contributed by atoms with Crippen LogP contribution in [-0.4, -0.2) is 32.8 Å². The molecule has 0 bridgehead atoms. The van der Waals surface area contributed by atoms with Gasteiger partial charge in [0.2, 0.25) is 5.43 Å². The molecule has 0 unspecified atom stereocenters. The molecule has 1 aliphatic carbocycles. The van der Waals surface area contributed by atoms with Crippen LogP contribution in [-0.2, 0) is 19.7 Å². The van der Waals surface area contributed by atoms with E-state index >= 15 is 0 Å². The van der Waals surface area contributed by atoms with E-state index in [2.05, 4.69) is 4.90 Å². The Labute approximate surface area is 125 Å². The fourth-order valence-electron chi connectivity index (χ4n) is 3.31. The maximum Gasteiger partial charge on any atom is 0.223 e. The molecule has 5 nitrogen and oxygen atoms in total. The zero-order valence-corrected chi connectivity index (χ0v) is 13.0. The van der Waals surface area contributed by atoms with E-state index in [9.17, 15) is 15.0 Å². The van der Waals surface area contributed by atoms with Gasteiger partial charge in [-0.25, -0.2) is 0 Å². The Bertz CT molecular complexity index is 533. The van der Waals surface area contributed by atoms with Crippen LogP contribution in [0.15, 0.2) is 10.9 Å². The maximum absolute atomic E-state index is 11.9. The van der Waals surface area contributed by atoms with Crippen molar-refractivity contribution in [3.63, 3.8) is 0 Å². The summed E-state index contributed by atoms with van der Waals surface area (Å²) in [6.07, 6.45) is 6.15. The van der Waals surface area contributed by atoms with E-state index < -0.39 is 5.43 Å². The Morgan fingerprint density at radius 1 is 1.33 bits per heavy atom. The molecule has 1 heterocycles. The fourth-order valence-corrected chi connectivity index (χ4v) is 3.31. The summed E-state index contributed by atoms with van der Waals surface area (Å²) >= 11 is 0. The predicted octanol–water partition coefficient (Wildman–Crippen LogP) is 1.83. The van der Waals surface area contributed by atoms with E-state index in [1.807, 2.05) is 18.5 Å². The van der Waals surface area contributed by atoms with Gasteiger partial charge in [-0.05, 0) is 26.8 Å². The molecule has 0 radical (unpaired) electrons.